The van der Waals surface area contributed by atoms with Gasteiger partial charge in [-0.15, -0.1) is 0 Å². The third kappa shape index (κ3) is 4.63. The summed E-state index contributed by atoms with van der Waals surface area (Å²) in [6.45, 7) is -2.89. The lowest BCUT2D eigenvalue weighted by Crippen LogP contribution is -2.10. The number of hydrogen-bond donors (Lipinski definition) is 1. The zero-order valence-corrected chi connectivity index (χ0v) is 14.5. The van der Waals surface area contributed by atoms with E-state index in [1.54, 1.807) is 18.3 Å². The van der Waals surface area contributed by atoms with E-state index in [1.807, 2.05) is 17.8 Å². The molecule has 0 radical (unpaired) electrons. The number of rotatable bonds is 7. The number of anilines is 1. The summed E-state index contributed by atoms with van der Waals surface area (Å²) in [5.41, 5.74) is 0.442. The van der Waals surface area contributed by atoms with Crippen molar-refractivity contribution in [3.63, 3.8) is 0 Å². The topological polar surface area (TPSA) is 69.3 Å². The highest BCUT2D eigenvalue weighted by Crippen LogP contribution is 2.23. The van der Waals surface area contributed by atoms with Crippen molar-refractivity contribution in [3.05, 3.63) is 60.3 Å². The molecule has 1 N–H and O–H groups in total. The normalized spacial score (nSPS) is 10.9. The second-order valence-corrected chi connectivity index (χ2v) is 6.17. The zero-order valence-electron chi connectivity index (χ0n) is 13.7. The summed E-state index contributed by atoms with van der Waals surface area (Å²) < 4.78 is 35.9. The highest BCUT2D eigenvalue weighted by Gasteiger charge is 2.13. The Labute approximate surface area is 152 Å². The van der Waals surface area contributed by atoms with Crippen molar-refractivity contribution in [3.8, 4) is 5.75 Å². The standard InChI is InChI=1S/C17H15F2N3O3S/c1-22-9-8-20-17(22)26-10-13-6-7-14(24-13)15(23)21-11-2-4-12(5-3-11)25-16(18)19/h2-9,16H,10H2,1H3,(H,21,23). The molecule has 0 unspecified atom stereocenters. The van der Waals surface area contributed by atoms with Gasteiger partial charge in [0.15, 0.2) is 10.9 Å². The summed E-state index contributed by atoms with van der Waals surface area (Å²) in [6, 6.07) is 8.94. The molecule has 0 aliphatic rings. The van der Waals surface area contributed by atoms with E-state index < -0.39 is 12.5 Å². The van der Waals surface area contributed by atoms with E-state index in [1.165, 1.54) is 36.0 Å². The van der Waals surface area contributed by atoms with Gasteiger partial charge >= 0.3 is 6.61 Å². The van der Waals surface area contributed by atoms with Crippen LogP contribution in [0.2, 0.25) is 0 Å². The number of ether oxygens (including phenoxy) is 1. The van der Waals surface area contributed by atoms with Gasteiger partial charge in [0.1, 0.15) is 11.5 Å². The van der Waals surface area contributed by atoms with Gasteiger partial charge in [-0.2, -0.15) is 8.78 Å². The number of nitrogens with zero attached hydrogens (tertiary/aromatic N) is 2. The molecule has 0 fully saturated rings. The Kier molecular flexibility index (Phi) is 5.57. The summed E-state index contributed by atoms with van der Waals surface area (Å²) in [5.74, 6) is 0.931. The maximum Gasteiger partial charge on any atom is 0.387 e. The van der Waals surface area contributed by atoms with Gasteiger partial charge in [-0.25, -0.2) is 4.98 Å². The van der Waals surface area contributed by atoms with Crippen molar-refractivity contribution in [1.29, 1.82) is 0 Å². The molecule has 6 nitrogen and oxygen atoms in total. The van der Waals surface area contributed by atoms with E-state index in [0.29, 0.717) is 17.2 Å². The molecule has 26 heavy (non-hydrogen) atoms. The molecule has 9 heteroatoms. The van der Waals surface area contributed by atoms with Crippen LogP contribution in [0.3, 0.4) is 0 Å². The number of furan rings is 1. The molecule has 136 valence electrons. The number of carbonyl (C=O) groups excluding carboxylic acids is 1. The Morgan fingerprint density at radius 2 is 2.08 bits per heavy atom. The third-order valence-electron chi connectivity index (χ3n) is 3.34. The van der Waals surface area contributed by atoms with Gasteiger partial charge in [0.2, 0.25) is 0 Å². The van der Waals surface area contributed by atoms with Crippen LogP contribution in [0, 0.1) is 0 Å². The molecule has 2 heterocycles. The maximum atomic E-state index is 12.2. The fourth-order valence-corrected chi connectivity index (χ4v) is 2.94. The first kappa shape index (κ1) is 18.0. The Morgan fingerprint density at radius 1 is 1.31 bits per heavy atom. The van der Waals surface area contributed by atoms with Crippen molar-refractivity contribution in [2.75, 3.05) is 5.32 Å². The largest absolute Gasteiger partial charge is 0.455 e. The number of aryl methyl sites for hydroxylation is 1. The fourth-order valence-electron chi connectivity index (χ4n) is 2.12. The second kappa shape index (κ2) is 8.05. The lowest BCUT2D eigenvalue weighted by molar-refractivity contribution is -0.0498. The van der Waals surface area contributed by atoms with Gasteiger partial charge in [-0.05, 0) is 36.4 Å². The van der Waals surface area contributed by atoms with E-state index >= 15 is 0 Å². The minimum absolute atomic E-state index is 0.0181. The van der Waals surface area contributed by atoms with Crippen molar-refractivity contribution >= 4 is 23.4 Å². The number of nitrogens with one attached hydrogen (secondary N) is 1. The highest BCUT2D eigenvalue weighted by atomic mass is 32.2. The molecule has 1 amide bonds. The third-order valence-corrected chi connectivity index (χ3v) is 4.42. The summed E-state index contributed by atoms with van der Waals surface area (Å²) in [7, 11) is 1.90. The van der Waals surface area contributed by atoms with Crippen LogP contribution in [-0.4, -0.2) is 22.1 Å². The molecule has 3 aromatic rings. The summed E-state index contributed by atoms with van der Waals surface area (Å²) >= 11 is 1.49. The lowest BCUT2D eigenvalue weighted by Gasteiger charge is -2.06. The maximum absolute atomic E-state index is 12.2. The Balaban J connectivity index is 1.56. The number of thioether (sulfide) groups is 1. The van der Waals surface area contributed by atoms with Crippen LogP contribution in [0.5, 0.6) is 5.75 Å². The number of imidazole rings is 1. The molecule has 0 bridgehead atoms. The minimum atomic E-state index is -2.89. The first-order chi connectivity index (χ1) is 12.5. The average molecular weight is 379 g/mol. The van der Waals surface area contributed by atoms with Crippen LogP contribution in [0.25, 0.3) is 0 Å². The van der Waals surface area contributed by atoms with Crippen LogP contribution in [0.1, 0.15) is 16.3 Å². The first-order valence-electron chi connectivity index (χ1n) is 7.56. The number of halogens is 2. The highest BCUT2D eigenvalue weighted by molar-refractivity contribution is 7.98. The number of amides is 1. The number of alkyl halides is 2. The quantitative estimate of drug-likeness (QED) is 0.624. The number of hydrogen-bond acceptors (Lipinski definition) is 5. The van der Waals surface area contributed by atoms with Crippen LogP contribution < -0.4 is 10.1 Å². The van der Waals surface area contributed by atoms with Crippen LogP contribution in [0.15, 0.2) is 58.4 Å². The van der Waals surface area contributed by atoms with E-state index in [-0.39, 0.29) is 11.5 Å². The van der Waals surface area contributed by atoms with Crippen molar-refractivity contribution < 1.29 is 22.7 Å². The molecular weight excluding hydrogens is 364 g/mol. The fraction of sp³-hybridized carbons (Fsp3) is 0.176. The number of aromatic nitrogens is 2. The minimum Gasteiger partial charge on any atom is -0.455 e. The van der Waals surface area contributed by atoms with Gasteiger partial charge in [-0.3, -0.25) is 4.79 Å². The average Bonchev–Trinajstić information content (AvgIpc) is 3.23. The predicted molar refractivity (Wildman–Crippen MR) is 92.5 cm³/mol. The first-order valence-corrected chi connectivity index (χ1v) is 8.55. The smallest absolute Gasteiger partial charge is 0.387 e. The zero-order chi connectivity index (χ0) is 18.5. The monoisotopic (exact) mass is 379 g/mol. The van der Waals surface area contributed by atoms with Crippen molar-refractivity contribution in [2.24, 2.45) is 7.05 Å². The van der Waals surface area contributed by atoms with Crippen LogP contribution in [-0.2, 0) is 12.8 Å². The lowest BCUT2D eigenvalue weighted by atomic mass is 10.3. The molecule has 0 saturated carbocycles. The molecule has 0 aliphatic carbocycles. The molecule has 1 aromatic carbocycles. The molecule has 0 atom stereocenters. The summed E-state index contributed by atoms with van der Waals surface area (Å²) in [6.07, 6.45) is 3.56. The molecule has 2 aromatic heterocycles. The van der Waals surface area contributed by atoms with E-state index in [0.717, 1.165) is 5.16 Å². The summed E-state index contributed by atoms with van der Waals surface area (Å²) in [5, 5.41) is 3.48. The van der Waals surface area contributed by atoms with Crippen molar-refractivity contribution in [1.82, 2.24) is 9.55 Å². The van der Waals surface area contributed by atoms with Gasteiger partial charge in [-0.1, -0.05) is 11.8 Å². The molecule has 3 rings (SSSR count). The number of benzene rings is 1. The van der Waals surface area contributed by atoms with E-state index in [9.17, 15) is 13.6 Å². The Hall–Kier alpha value is -2.81. The van der Waals surface area contributed by atoms with Crippen LogP contribution >= 0.6 is 11.8 Å². The van der Waals surface area contributed by atoms with Crippen LogP contribution in [0.4, 0.5) is 14.5 Å². The van der Waals surface area contributed by atoms with E-state index in [4.69, 9.17) is 4.42 Å². The van der Waals surface area contributed by atoms with Gasteiger partial charge < -0.3 is 19.0 Å². The van der Waals surface area contributed by atoms with Gasteiger partial charge in [0.05, 0.1) is 5.75 Å². The van der Waals surface area contributed by atoms with Gasteiger partial charge in [0, 0.05) is 25.1 Å². The Morgan fingerprint density at radius 3 is 2.73 bits per heavy atom. The second-order valence-electron chi connectivity index (χ2n) is 5.23. The predicted octanol–water partition coefficient (Wildman–Crippen LogP) is 4.16. The van der Waals surface area contributed by atoms with E-state index in [2.05, 4.69) is 15.0 Å². The molecule has 0 spiro atoms. The Bertz CT molecular complexity index is 878. The molecular formula is C17H15F2N3O3S. The molecule has 0 saturated heterocycles. The SMILES string of the molecule is Cn1ccnc1SCc1ccc(C(=O)Nc2ccc(OC(F)F)cc2)o1. The molecule has 0 aliphatic heterocycles. The summed E-state index contributed by atoms with van der Waals surface area (Å²) in [4.78, 5) is 16.4. The van der Waals surface area contributed by atoms with Crippen molar-refractivity contribution in [2.45, 2.75) is 17.5 Å². The van der Waals surface area contributed by atoms with Gasteiger partial charge in [0.25, 0.3) is 5.91 Å². The number of carbonyl (C=O) groups is 1.